The van der Waals surface area contributed by atoms with Gasteiger partial charge in [0.1, 0.15) is 0 Å². The fraction of sp³-hybridized carbons (Fsp3) is 0.500. The Labute approximate surface area is 126 Å². The molecule has 5 heteroatoms. The van der Waals surface area contributed by atoms with E-state index in [4.69, 9.17) is 11.6 Å². The van der Waals surface area contributed by atoms with Gasteiger partial charge in [0.05, 0.1) is 17.2 Å². The van der Waals surface area contributed by atoms with Gasteiger partial charge in [0, 0.05) is 10.0 Å². The number of aliphatic hydroxyl groups excluding tert-OH is 1. The average Bonchev–Trinajstić information content (AvgIpc) is 2.58. The zero-order valence-electron chi connectivity index (χ0n) is 10.5. The molecule has 2 atom stereocenters. The van der Waals surface area contributed by atoms with E-state index in [2.05, 4.69) is 21.2 Å². The molecule has 1 aromatic rings. The van der Waals surface area contributed by atoms with Crippen molar-refractivity contribution >= 4 is 33.4 Å². The molecule has 0 aromatic heterocycles. The normalized spacial score (nSPS) is 23.7. The second kappa shape index (κ2) is 6.73. The lowest BCUT2D eigenvalue weighted by molar-refractivity contribution is 0.0818. The van der Waals surface area contributed by atoms with Crippen molar-refractivity contribution in [3.63, 3.8) is 0 Å². The van der Waals surface area contributed by atoms with E-state index in [0.29, 0.717) is 15.1 Å². The molecule has 2 N–H and O–H groups in total. The smallest absolute Gasteiger partial charge is 0.251 e. The molecule has 1 fully saturated rings. The van der Waals surface area contributed by atoms with Crippen LogP contribution in [0.1, 0.15) is 42.5 Å². The number of benzene rings is 1. The van der Waals surface area contributed by atoms with E-state index in [1.165, 1.54) is 0 Å². The van der Waals surface area contributed by atoms with E-state index in [1.807, 2.05) is 0 Å². The molecule has 1 amide bonds. The van der Waals surface area contributed by atoms with Crippen LogP contribution >= 0.6 is 27.5 Å². The second-order valence-corrected chi connectivity index (χ2v) is 6.18. The predicted molar refractivity (Wildman–Crippen MR) is 79.5 cm³/mol. The van der Waals surface area contributed by atoms with Gasteiger partial charge in [-0.25, -0.2) is 0 Å². The Bertz CT molecular complexity index is 467. The molecule has 1 saturated carbocycles. The lowest BCUT2D eigenvalue weighted by Crippen LogP contribution is -2.42. The maximum Gasteiger partial charge on any atom is 0.251 e. The van der Waals surface area contributed by atoms with Crippen molar-refractivity contribution in [1.82, 2.24) is 5.32 Å². The Hall–Kier alpha value is -0.580. The van der Waals surface area contributed by atoms with Crippen molar-refractivity contribution in [3.05, 3.63) is 33.3 Å². The van der Waals surface area contributed by atoms with E-state index >= 15 is 0 Å². The first-order chi connectivity index (χ1) is 9.08. The molecule has 0 heterocycles. The first kappa shape index (κ1) is 14.8. The number of rotatable bonds is 2. The van der Waals surface area contributed by atoms with Gasteiger partial charge in [-0.1, -0.05) is 30.9 Å². The third kappa shape index (κ3) is 3.94. The van der Waals surface area contributed by atoms with Crippen LogP contribution in [0.5, 0.6) is 0 Å². The summed E-state index contributed by atoms with van der Waals surface area (Å²) in [4.78, 5) is 12.1. The van der Waals surface area contributed by atoms with E-state index < -0.39 is 6.10 Å². The molecule has 1 aliphatic carbocycles. The summed E-state index contributed by atoms with van der Waals surface area (Å²) in [5, 5.41) is 13.5. The van der Waals surface area contributed by atoms with Gasteiger partial charge in [0.2, 0.25) is 0 Å². The number of carbonyl (C=O) groups excluding carboxylic acids is 1. The summed E-state index contributed by atoms with van der Waals surface area (Å²) in [7, 11) is 0. The van der Waals surface area contributed by atoms with Gasteiger partial charge in [-0.15, -0.1) is 0 Å². The molecule has 0 saturated heterocycles. The second-order valence-electron chi connectivity index (χ2n) is 4.91. The summed E-state index contributed by atoms with van der Waals surface area (Å²) < 4.78 is 0.697. The lowest BCUT2D eigenvalue weighted by Gasteiger charge is -2.21. The van der Waals surface area contributed by atoms with Gasteiger partial charge in [-0.2, -0.15) is 0 Å². The van der Waals surface area contributed by atoms with Crippen LogP contribution in [0.2, 0.25) is 5.02 Å². The van der Waals surface area contributed by atoms with Gasteiger partial charge in [0.25, 0.3) is 5.91 Å². The number of amides is 1. The highest BCUT2D eigenvalue weighted by Crippen LogP contribution is 2.24. The number of aliphatic hydroxyl groups is 1. The van der Waals surface area contributed by atoms with Crippen molar-refractivity contribution in [2.45, 2.75) is 44.2 Å². The Morgan fingerprint density at radius 3 is 2.79 bits per heavy atom. The summed E-state index contributed by atoms with van der Waals surface area (Å²) in [6.45, 7) is 0. The largest absolute Gasteiger partial charge is 0.391 e. The van der Waals surface area contributed by atoms with Crippen molar-refractivity contribution in [1.29, 1.82) is 0 Å². The van der Waals surface area contributed by atoms with Crippen molar-refractivity contribution in [3.8, 4) is 0 Å². The van der Waals surface area contributed by atoms with Gasteiger partial charge in [0.15, 0.2) is 0 Å². The van der Waals surface area contributed by atoms with Crippen molar-refractivity contribution in [2.75, 3.05) is 0 Å². The molecule has 2 unspecified atom stereocenters. The molecular formula is C14H17BrClNO2. The number of halogens is 2. The molecule has 0 aliphatic heterocycles. The minimum Gasteiger partial charge on any atom is -0.391 e. The summed E-state index contributed by atoms with van der Waals surface area (Å²) in [6.07, 6.45) is 4.35. The quantitative estimate of drug-likeness (QED) is 0.805. The van der Waals surface area contributed by atoms with Crippen LogP contribution in [-0.4, -0.2) is 23.2 Å². The number of hydrogen-bond donors (Lipinski definition) is 2. The number of carbonyl (C=O) groups is 1. The third-order valence-electron chi connectivity index (χ3n) is 3.48. The average molecular weight is 347 g/mol. The van der Waals surface area contributed by atoms with E-state index in [1.54, 1.807) is 18.2 Å². The zero-order valence-corrected chi connectivity index (χ0v) is 12.9. The molecule has 0 radical (unpaired) electrons. The molecular weight excluding hydrogens is 330 g/mol. The highest BCUT2D eigenvalue weighted by molar-refractivity contribution is 9.10. The van der Waals surface area contributed by atoms with Crippen LogP contribution in [0.25, 0.3) is 0 Å². The topological polar surface area (TPSA) is 49.3 Å². The molecule has 104 valence electrons. The molecule has 3 nitrogen and oxygen atoms in total. The highest BCUT2D eigenvalue weighted by Gasteiger charge is 2.23. The van der Waals surface area contributed by atoms with E-state index in [0.717, 1.165) is 32.1 Å². The fourth-order valence-electron chi connectivity index (χ4n) is 2.35. The maximum atomic E-state index is 12.1. The predicted octanol–water partition coefficient (Wildman–Crippen LogP) is 3.53. The SMILES string of the molecule is O=C(NC1CCCCCC1O)c1ccc(Cl)c(Br)c1. The maximum absolute atomic E-state index is 12.1. The van der Waals surface area contributed by atoms with Gasteiger partial charge in [-0.05, 0) is 47.0 Å². The van der Waals surface area contributed by atoms with Crippen LogP contribution in [0.4, 0.5) is 0 Å². The van der Waals surface area contributed by atoms with Gasteiger partial charge < -0.3 is 10.4 Å². The van der Waals surface area contributed by atoms with Gasteiger partial charge >= 0.3 is 0 Å². The lowest BCUT2D eigenvalue weighted by atomic mass is 10.1. The monoisotopic (exact) mass is 345 g/mol. The molecule has 0 spiro atoms. The van der Waals surface area contributed by atoms with E-state index in [-0.39, 0.29) is 11.9 Å². The first-order valence-corrected chi connectivity index (χ1v) is 7.69. The minimum absolute atomic E-state index is 0.149. The summed E-state index contributed by atoms with van der Waals surface area (Å²) >= 11 is 9.21. The van der Waals surface area contributed by atoms with Crippen LogP contribution in [-0.2, 0) is 0 Å². The van der Waals surface area contributed by atoms with Crippen LogP contribution < -0.4 is 5.32 Å². The van der Waals surface area contributed by atoms with Crippen LogP contribution in [0.3, 0.4) is 0 Å². The molecule has 19 heavy (non-hydrogen) atoms. The van der Waals surface area contributed by atoms with Crippen molar-refractivity contribution in [2.24, 2.45) is 0 Å². The van der Waals surface area contributed by atoms with E-state index in [9.17, 15) is 9.90 Å². The Kier molecular flexibility index (Phi) is 5.25. The minimum atomic E-state index is -0.442. The first-order valence-electron chi connectivity index (χ1n) is 6.52. The van der Waals surface area contributed by atoms with Crippen LogP contribution in [0, 0.1) is 0 Å². The Morgan fingerprint density at radius 1 is 1.32 bits per heavy atom. The molecule has 1 aliphatic rings. The Morgan fingerprint density at radius 2 is 2.05 bits per heavy atom. The highest BCUT2D eigenvalue weighted by atomic mass is 79.9. The van der Waals surface area contributed by atoms with Crippen LogP contribution in [0.15, 0.2) is 22.7 Å². The van der Waals surface area contributed by atoms with Gasteiger partial charge in [-0.3, -0.25) is 4.79 Å². The van der Waals surface area contributed by atoms with Crippen molar-refractivity contribution < 1.29 is 9.90 Å². The molecule has 1 aromatic carbocycles. The number of hydrogen-bond acceptors (Lipinski definition) is 2. The standard InChI is InChI=1S/C14H17BrClNO2/c15-10-8-9(6-7-11(10)16)14(19)17-12-4-2-1-3-5-13(12)18/h6-8,12-13,18H,1-5H2,(H,17,19). The summed E-state index contributed by atoms with van der Waals surface area (Å²) in [5.41, 5.74) is 0.549. The third-order valence-corrected chi connectivity index (χ3v) is 4.69. The zero-order chi connectivity index (χ0) is 13.8. The Balaban J connectivity index is 2.05. The fourth-order valence-corrected chi connectivity index (χ4v) is 2.84. The summed E-state index contributed by atoms with van der Waals surface area (Å²) in [6, 6.07) is 4.92. The molecule has 0 bridgehead atoms. The molecule has 2 rings (SSSR count). The number of nitrogens with one attached hydrogen (secondary N) is 1. The summed E-state index contributed by atoms with van der Waals surface area (Å²) in [5.74, 6) is -0.164.